The molecule has 174 valence electrons. The monoisotopic (exact) mass is 474 g/mol. The molecule has 4 aromatic rings. The lowest BCUT2D eigenvalue weighted by molar-refractivity contribution is -0.125. The van der Waals surface area contributed by atoms with Gasteiger partial charge in [0.2, 0.25) is 5.91 Å². The number of para-hydroxylation sites is 1. The Hall–Kier alpha value is -3.45. The Morgan fingerprint density at radius 3 is 2.74 bits per heavy atom. The summed E-state index contributed by atoms with van der Waals surface area (Å²) in [5.74, 6) is 0.668. The van der Waals surface area contributed by atoms with Crippen LogP contribution in [0.4, 0.5) is 5.82 Å². The van der Waals surface area contributed by atoms with E-state index in [1.165, 1.54) is 0 Å². The van der Waals surface area contributed by atoms with Crippen LogP contribution in [-0.2, 0) is 11.3 Å². The van der Waals surface area contributed by atoms with E-state index in [1.807, 2.05) is 66.2 Å². The fourth-order valence-electron chi connectivity index (χ4n) is 4.71. The number of nitrogens with one attached hydrogen (secondary N) is 1. The van der Waals surface area contributed by atoms with Gasteiger partial charge in [0.1, 0.15) is 5.52 Å². The third-order valence-electron chi connectivity index (χ3n) is 6.43. The minimum atomic E-state index is -0.122. The standard InChI is InChI=1S/C26H27ClN6O/c1-17-23-18(2)33(22-11-4-3-5-12-22)31-24(23)25(30-29-17)32-13-7-9-20(16-32)26(34)28-15-19-8-6-10-21(27)14-19/h3-6,8,10-12,14,20H,7,9,13,15-16H2,1-2H3,(H,28,34)/t20-/m1/s1. The van der Waals surface area contributed by atoms with Crippen LogP contribution in [0.5, 0.6) is 0 Å². The van der Waals surface area contributed by atoms with Gasteiger partial charge in [-0.1, -0.05) is 41.9 Å². The predicted molar refractivity (Wildman–Crippen MR) is 134 cm³/mol. The number of amides is 1. The Labute approximate surface area is 203 Å². The predicted octanol–water partition coefficient (Wildman–Crippen LogP) is 4.62. The normalized spacial score (nSPS) is 16.1. The number of nitrogens with zero attached hydrogens (tertiary/aromatic N) is 5. The number of anilines is 1. The highest BCUT2D eigenvalue weighted by Crippen LogP contribution is 2.31. The summed E-state index contributed by atoms with van der Waals surface area (Å²) in [5, 5.41) is 18.7. The van der Waals surface area contributed by atoms with E-state index in [2.05, 4.69) is 27.3 Å². The summed E-state index contributed by atoms with van der Waals surface area (Å²) in [5.41, 5.74) is 4.70. The van der Waals surface area contributed by atoms with Gasteiger partial charge < -0.3 is 10.2 Å². The van der Waals surface area contributed by atoms with Gasteiger partial charge in [0.15, 0.2) is 5.82 Å². The van der Waals surface area contributed by atoms with Crippen molar-refractivity contribution in [1.29, 1.82) is 0 Å². The molecule has 1 aliphatic rings. The third-order valence-corrected chi connectivity index (χ3v) is 6.67. The summed E-state index contributed by atoms with van der Waals surface area (Å²) in [6, 6.07) is 17.6. The largest absolute Gasteiger partial charge is 0.352 e. The van der Waals surface area contributed by atoms with Gasteiger partial charge in [-0.05, 0) is 56.5 Å². The maximum Gasteiger partial charge on any atom is 0.225 e. The van der Waals surface area contributed by atoms with E-state index in [-0.39, 0.29) is 11.8 Å². The van der Waals surface area contributed by atoms with Crippen LogP contribution in [0.1, 0.15) is 29.8 Å². The molecule has 1 saturated heterocycles. The molecule has 1 N–H and O–H groups in total. The zero-order valence-electron chi connectivity index (χ0n) is 19.3. The van der Waals surface area contributed by atoms with Crippen molar-refractivity contribution in [2.75, 3.05) is 18.0 Å². The van der Waals surface area contributed by atoms with E-state index >= 15 is 0 Å². The molecule has 1 fully saturated rings. The Bertz CT molecular complexity index is 1340. The summed E-state index contributed by atoms with van der Waals surface area (Å²) >= 11 is 6.07. The second-order valence-corrected chi connectivity index (χ2v) is 9.23. The molecule has 3 heterocycles. The molecule has 1 amide bonds. The lowest BCUT2D eigenvalue weighted by Gasteiger charge is -2.32. The molecule has 2 aromatic carbocycles. The van der Waals surface area contributed by atoms with Gasteiger partial charge in [0.25, 0.3) is 0 Å². The number of aryl methyl sites for hydroxylation is 2. The van der Waals surface area contributed by atoms with Crippen LogP contribution in [-0.4, -0.2) is 39.0 Å². The van der Waals surface area contributed by atoms with Crippen molar-refractivity contribution >= 4 is 34.2 Å². The van der Waals surface area contributed by atoms with E-state index in [4.69, 9.17) is 16.7 Å². The van der Waals surface area contributed by atoms with Gasteiger partial charge in [-0.15, -0.1) is 5.10 Å². The molecule has 0 aliphatic carbocycles. The van der Waals surface area contributed by atoms with Gasteiger partial charge in [0, 0.05) is 24.7 Å². The number of piperidine rings is 1. The number of halogens is 1. The van der Waals surface area contributed by atoms with Gasteiger partial charge >= 0.3 is 0 Å². The fourth-order valence-corrected chi connectivity index (χ4v) is 4.92. The van der Waals surface area contributed by atoms with Gasteiger partial charge in [-0.3, -0.25) is 4.79 Å². The van der Waals surface area contributed by atoms with E-state index < -0.39 is 0 Å². The number of hydrogen-bond acceptors (Lipinski definition) is 5. The van der Waals surface area contributed by atoms with Crippen molar-refractivity contribution in [1.82, 2.24) is 25.3 Å². The quantitative estimate of drug-likeness (QED) is 0.456. The number of rotatable bonds is 5. The average molecular weight is 475 g/mol. The Morgan fingerprint density at radius 2 is 1.94 bits per heavy atom. The summed E-state index contributed by atoms with van der Waals surface area (Å²) in [4.78, 5) is 15.1. The molecule has 8 heteroatoms. The van der Waals surface area contributed by atoms with Crippen molar-refractivity contribution < 1.29 is 4.79 Å². The fraction of sp³-hybridized carbons (Fsp3) is 0.308. The number of carbonyl (C=O) groups is 1. The molecule has 0 spiro atoms. The summed E-state index contributed by atoms with van der Waals surface area (Å²) in [6.07, 6.45) is 1.75. The zero-order chi connectivity index (χ0) is 23.7. The van der Waals surface area contributed by atoms with Crippen LogP contribution in [0.3, 0.4) is 0 Å². The first-order valence-electron chi connectivity index (χ1n) is 11.6. The van der Waals surface area contributed by atoms with Crippen molar-refractivity contribution in [3.8, 4) is 5.69 Å². The topological polar surface area (TPSA) is 75.9 Å². The van der Waals surface area contributed by atoms with Crippen molar-refractivity contribution in [3.63, 3.8) is 0 Å². The van der Waals surface area contributed by atoms with Crippen LogP contribution in [0, 0.1) is 19.8 Å². The minimum absolute atomic E-state index is 0.0481. The molecule has 1 atom stereocenters. The van der Waals surface area contributed by atoms with Crippen LogP contribution in [0.25, 0.3) is 16.6 Å². The molecule has 7 nitrogen and oxygen atoms in total. The number of hydrogen-bond donors (Lipinski definition) is 1. The van der Waals surface area contributed by atoms with Crippen LogP contribution >= 0.6 is 11.6 Å². The Kier molecular flexibility index (Phi) is 6.20. The Morgan fingerprint density at radius 1 is 1.12 bits per heavy atom. The van der Waals surface area contributed by atoms with Gasteiger partial charge in [0.05, 0.1) is 28.4 Å². The molecule has 0 radical (unpaired) electrons. The molecular weight excluding hydrogens is 448 g/mol. The van der Waals surface area contributed by atoms with Gasteiger partial charge in [-0.25, -0.2) is 4.68 Å². The van der Waals surface area contributed by atoms with Gasteiger partial charge in [-0.2, -0.15) is 10.2 Å². The smallest absolute Gasteiger partial charge is 0.225 e. The lowest BCUT2D eigenvalue weighted by atomic mass is 9.97. The number of carbonyl (C=O) groups excluding carboxylic acids is 1. The molecular formula is C26H27ClN6O. The maximum atomic E-state index is 13.0. The van der Waals surface area contributed by atoms with E-state index in [1.54, 1.807) is 0 Å². The number of benzene rings is 2. The van der Waals surface area contributed by atoms with Crippen molar-refractivity contribution in [2.45, 2.75) is 33.2 Å². The number of fused-ring (bicyclic) bond motifs is 1. The molecule has 1 aliphatic heterocycles. The first-order chi connectivity index (χ1) is 16.5. The average Bonchev–Trinajstić information content (AvgIpc) is 3.21. The minimum Gasteiger partial charge on any atom is -0.352 e. The highest BCUT2D eigenvalue weighted by atomic mass is 35.5. The molecule has 34 heavy (non-hydrogen) atoms. The Balaban J connectivity index is 1.39. The van der Waals surface area contributed by atoms with Crippen molar-refractivity contribution in [3.05, 3.63) is 76.6 Å². The maximum absolute atomic E-state index is 13.0. The van der Waals surface area contributed by atoms with E-state index in [9.17, 15) is 4.79 Å². The van der Waals surface area contributed by atoms with E-state index in [0.717, 1.165) is 58.7 Å². The number of aromatic nitrogens is 4. The zero-order valence-corrected chi connectivity index (χ0v) is 20.1. The van der Waals surface area contributed by atoms with Crippen LogP contribution in [0.2, 0.25) is 5.02 Å². The third kappa shape index (κ3) is 4.35. The summed E-state index contributed by atoms with van der Waals surface area (Å²) in [7, 11) is 0. The second-order valence-electron chi connectivity index (χ2n) is 8.80. The molecule has 2 aromatic heterocycles. The second kappa shape index (κ2) is 9.43. The molecule has 0 bridgehead atoms. The van der Waals surface area contributed by atoms with Crippen molar-refractivity contribution in [2.24, 2.45) is 5.92 Å². The summed E-state index contributed by atoms with van der Waals surface area (Å²) in [6.45, 7) is 5.90. The van der Waals surface area contributed by atoms with Crippen LogP contribution in [0.15, 0.2) is 54.6 Å². The lowest BCUT2D eigenvalue weighted by Crippen LogP contribution is -2.43. The first kappa shape index (κ1) is 22.3. The SMILES string of the molecule is Cc1nnc(N2CCC[C@@H](C(=O)NCc3cccc(Cl)c3)C2)c2nn(-c3ccccc3)c(C)c12. The van der Waals surface area contributed by atoms with Crippen LogP contribution < -0.4 is 10.2 Å². The molecule has 0 saturated carbocycles. The first-order valence-corrected chi connectivity index (χ1v) is 11.9. The molecule has 5 rings (SSSR count). The highest BCUT2D eigenvalue weighted by Gasteiger charge is 2.29. The summed E-state index contributed by atoms with van der Waals surface area (Å²) < 4.78 is 1.95. The van der Waals surface area contributed by atoms with E-state index in [0.29, 0.717) is 18.1 Å². The molecule has 0 unspecified atom stereocenters. The highest BCUT2D eigenvalue weighted by molar-refractivity contribution is 6.30.